The number of piperidine rings is 1. The minimum Gasteiger partial charge on any atom is -0.336 e. The van der Waals surface area contributed by atoms with Crippen molar-refractivity contribution in [2.45, 2.75) is 65.0 Å². The molecule has 1 rings (SSSR count). The molecule has 1 atom stereocenters. The first-order valence-electron chi connectivity index (χ1n) is 6.52. The Morgan fingerprint density at radius 2 is 2.00 bits per heavy atom. The van der Waals surface area contributed by atoms with Gasteiger partial charge in [-0.15, -0.1) is 0 Å². The van der Waals surface area contributed by atoms with E-state index >= 15 is 0 Å². The van der Waals surface area contributed by atoms with Gasteiger partial charge in [0.2, 0.25) is 5.91 Å². The summed E-state index contributed by atoms with van der Waals surface area (Å²) < 4.78 is 0. The van der Waals surface area contributed by atoms with Crippen LogP contribution in [0.3, 0.4) is 0 Å². The number of rotatable bonds is 3. The van der Waals surface area contributed by atoms with Crippen molar-refractivity contribution in [3.05, 3.63) is 0 Å². The van der Waals surface area contributed by atoms with E-state index in [0.29, 0.717) is 5.91 Å². The molecule has 0 saturated carbocycles. The average molecular weight is 226 g/mol. The van der Waals surface area contributed by atoms with Crippen LogP contribution < -0.4 is 5.73 Å². The fraction of sp³-hybridized carbons (Fsp3) is 0.923. The van der Waals surface area contributed by atoms with Crippen LogP contribution in [0.4, 0.5) is 0 Å². The van der Waals surface area contributed by atoms with Crippen molar-refractivity contribution < 1.29 is 4.79 Å². The normalized spacial score (nSPS) is 24.9. The highest BCUT2D eigenvalue weighted by molar-refractivity contribution is 5.79. The molecular weight excluding hydrogens is 200 g/mol. The summed E-state index contributed by atoms with van der Waals surface area (Å²) in [6.07, 6.45) is 3.92. The minimum absolute atomic E-state index is 0.111. The van der Waals surface area contributed by atoms with Gasteiger partial charge in [0.15, 0.2) is 0 Å². The van der Waals surface area contributed by atoms with Gasteiger partial charge in [0.05, 0.1) is 5.54 Å². The van der Waals surface area contributed by atoms with Crippen LogP contribution in [0.5, 0.6) is 0 Å². The molecule has 3 heteroatoms. The van der Waals surface area contributed by atoms with Gasteiger partial charge < -0.3 is 10.6 Å². The topological polar surface area (TPSA) is 46.3 Å². The maximum absolute atomic E-state index is 12.4. The maximum atomic E-state index is 12.4. The van der Waals surface area contributed by atoms with Crippen LogP contribution in [0.1, 0.15) is 53.4 Å². The second-order valence-corrected chi connectivity index (χ2v) is 5.41. The van der Waals surface area contributed by atoms with E-state index < -0.39 is 0 Å². The van der Waals surface area contributed by atoms with Crippen molar-refractivity contribution in [2.24, 2.45) is 11.7 Å². The molecule has 1 aliphatic heterocycles. The van der Waals surface area contributed by atoms with Crippen LogP contribution in [0.2, 0.25) is 0 Å². The van der Waals surface area contributed by atoms with Crippen molar-refractivity contribution in [2.75, 3.05) is 6.54 Å². The summed E-state index contributed by atoms with van der Waals surface area (Å²) in [5, 5.41) is 0. The molecule has 2 N–H and O–H groups in total. The Morgan fingerprint density at radius 3 is 2.50 bits per heavy atom. The lowest BCUT2D eigenvalue weighted by molar-refractivity contribution is -0.144. The highest BCUT2D eigenvalue weighted by Gasteiger charge is 2.40. The van der Waals surface area contributed by atoms with Gasteiger partial charge in [0.25, 0.3) is 0 Å². The first-order valence-corrected chi connectivity index (χ1v) is 6.52. The summed E-state index contributed by atoms with van der Waals surface area (Å²) in [5.41, 5.74) is 5.95. The second kappa shape index (κ2) is 5.17. The first kappa shape index (κ1) is 13.5. The van der Waals surface area contributed by atoms with Crippen molar-refractivity contribution in [1.82, 2.24) is 4.90 Å². The SMILES string of the molecule is CCC(CC)C(=O)N1CCCC(N)C1(C)C. The molecule has 94 valence electrons. The van der Waals surface area contributed by atoms with E-state index in [1.807, 2.05) is 4.90 Å². The second-order valence-electron chi connectivity index (χ2n) is 5.41. The van der Waals surface area contributed by atoms with Gasteiger partial charge in [-0.1, -0.05) is 13.8 Å². The third-order valence-corrected chi connectivity index (χ3v) is 4.10. The van der Waals surface area contributed by atoms with Crippen LogP contribution in [0.15, 0.2) is 0 Å². The molecule has 1 saturated heterocycles. The van der Waals surface area contributed by atoms with Crippen LogP contribution in [-0.4, -0.2) is 28.9 Å². The molecule has 1 heterocycles. The number of hydrogen-bond donors (Lipinski definition) is 1. The van der Waals surface area contributed by atoms with Gasteiger partial charge in [-0.2, -0.15) is 0 Å². The zero-order valence-electron chi connectivity index (χ0n) is 11.1. The molecule has 1 unspecified atom stereocenters. The highest BCUT2D eigenvalue weighted by atomic mass is 16.2. The number of likely N-dealkylation sites (tertiary alicyclic amines) is 1. The minimum atomic E-state index is -0.183. The Morgan fingerprint density at radius 1 is 1.44 bits per heavy atom. The van der Waals surface area contributed by atoms with Crippen molar-refractivity contribution in [3.63, 3.8) is 0 Å². The Balaban J connectivity index is 2.81. The van der Waals surface area contributed by atoms with Crippen molar-refractivity contribution in [1.29, 1.82) is 0 Å². The van der Waals surface area contributed by atoms with E-state index in [9.17, 15) is 4.79 Å². The standard InChI is InChI=1S/C13H26N2O/c1-5-10(6-2)12(16)15-9-7-8-11(14)13(15,3)4/h10-11H,5-9,14H2,1-4H3. The van der Waals surface area contributed by atoms with E-state index in [2.05, 4.69) is 27.7 Å². The van der Waals surface area contributed by atoms with Crippen LogP contribution in [0, 0.1) is 5.92 Å². The number of amides is 1. The molecule has 1 amide bonds. The molecule has 0 bridgehead atoms. The van der Waals surface area contributed by atoms with Gasteiger partial charge >= 0.3 is 0 Å². The summed E-state index contributed by atoms with van der Waals surface area (Å²) >= 11 is 0. The Labute approximate surface area is 99.4 Å². The van der Waals surface area contributed by atoms with Gasteiger partial charge in [0, 0.05) is 18.5 Å². The number of carbonyl (C=O) groups is 1. The molecule has 0 aromatic carbocycles. The van der Waals surface area contributed by atoms with Gasteiger partial charge in [0.1, 0.15) is 0 Å². The van der Waals surface area contributed by atoms with E-state index in [4.69, 9.17) is 5.73 Å². The van der Waals surface area contributed by atoms with Gasteiger partial charge in [-0.3, -0.25) is 4.79 Å². The third-order valence-electron chi connectivity index (χ3n) is 4.10. The molecule has 0 radical (unpaired) electrons. The Kier molecular flexibility index (Phi) is 4.36. The molecule has 1 aliphatic rings. The van der Waals surface area contributed by atoms with E-state index in [0.717, 1.165) is 32.2 Å². The predicted molar refractivity (Wildman–Crippen MR) is 67.1 cm³/mol. The lowest BCUT2D eigenvalue weighted by Gasteiger charge is -2.47. The van der Waals surface area contributed by atoms with Crippen molar-refractivity contribution >= 4 is 5.91 Å². The molecule has 0 aliphatic carbocycles. The predicted octanol–water partition coefficient (Wildman–Crippen LogP) is 2.15. The third kappa shape index (κ3) is 2.40. The molecule has 3 nitrogen and oxygen atoms in total. The lowest BCUT2D eigenvalue weighted by Crippen LogP contribution is -2.62. The molecule has 1 fully saturated rings. The molecule has 0 spiro atoms. The Hall–Kier alpha value is -0.570. The maximum Gasteiger partial charge on any atom is 0.226 e. The number of nitrogens with two attached hydrogens (primary N) is 1. The Bertz CT molecular complexity index is 246. The number of hydrogen-bond acceptors (Lipinski definition) is 2. The van der Waals surface area contributed by atoms with E-state index in [1.165, 1.54) is 0 Å². The zero-order valence-corrected chi connectivity index (χ0v) is 11.1. The monoisotopic (exact) mass is 226 g/mol. The lowest BCUT2D eigenvalue weighted by atomic mass is 9.84. The summed E-state index contributed by atoms with van der Waals surface area (Å²) in [7, 11) is 0. The summed E-state index contributed by atoms with van der Waals surface area (Å²) in [5.74, 6) is 0.467. The zero-order chi connectivity index (χ0) is 12.3. The number of nitrogens with zero attached hydrogens (tertiary/aromatic N) is 1. The summed E-state index contributed by atoms with van der Waals surface area (Å²) in [6.45, 7) is 9.23. The molecule has 0 aromatic rings. The summed E-state index contributed by atoms with van der Waals surface area (Å²) in [6, 6.07) is 0.111. The average Bonchev–Trinajstić information content (AvgIpc) is 2.23. The fourth-order valence-corrected chi connectivity index (χ4v) is 2.56. The summed E-state index contributed by atoms with van der Waals surface area (Å²) in [4.78, 5) is 14.4. The van der Waals surface area contributed by atoms with Crippen LogP contribution in [-0.2, 0) is 4.79 Å². The first-order chi connectivity index (χ1) is 7.45. The molecule has 16 heavy (non-hydrogen) atoms. The molecule has 0 aromatic heterocycles. The smallest absolute Gasteiger partial charge is 0.226 e. The van der Waals surface area contributed by atoms with Crippen molar-refractivity contribution in [3.8, 4) is 0 Å². The van der Waals surface area contributed by atoms with Gasteiger partial charge in [-0.25, -0.2) is 0 Å². The molecular formula is C13H26N2O. The highest BCUT2D eigenvalue weighted by Crippen LogP contribution is 2.29. The fourth-order valence-electron chi connectivity index (χ4n) is 2.56. The van der Waals surface area contributed by atoms with E-state index in [1.54, 1.807) is 0 Å². The largest absolute Gasteiger partial charge is 0.336 e. The van der Waals surface area contributed by atoms with Crippen LogP contribution >= 0.6 is 0 Å². The van der Waals surface area contributed by atoms with Crippen LogP contribution in [0.25, 0.3) is 0 Å². The van der Waals surface area contributed by atoms with E-state index in [-0.39, 0.29) is 17.5 Å². The quantitative estimate of drug-likeness (QED) is 0.801. The van der Waals surface area contributed by atoms with Gasteiger partial charge in [-0.05, 0) is 39.5 Å². The number of carbonyl (C=O) groups excluding carboxylic acids is 1.